The number of halogens is 1. The third-order valence-corrected chi connectivity index (χ3v) is 5.55. The van der Waals surface area contributed by atoms with Crippen LogP contribution in [0.5, 0.6) is 0 Å². The Morgan fingerprint density at radius 2 is 2.19 bits per heavy atom. The summed E-state index contributed by atoms with van der Waals surface area (Å²) in [5, 5.41) is 12.4. The average molecular weight is 429 g/mol. The molecule has 4 rings (SSSR count). The van der Waals surface area contributed by atoms with Crippen LogP contribution in [0.25, 0.3) is 11.3 Å². The molecule has 3 heterocycles. The molecule has 0 radical (unpaired) electrons. The summed E-state index contributed by atoms with van der Waals surface area (Å²) in [4.78, 5) is 13.4. The average Bonchev–Trinajstić information content (AvgIpc) is 2.78. The Balaban J connectivity index is 1.68. The summed E-state index contributed by atoms with van der Waals surface area (Å²) >= 11 is 0. The number of fused-ring (bicyclic) bond motifs is 4. The number of nitrogens with zero attached hydrogens (tertiary/aromatic N) is 5. The zero-order valence-corrected chi connectivity index (χ0v) is 18.1. The van der Waals surface area contributed by atoms with E-state index in [4.69, 9.17) is 4.98 Å². The largest absolute Gasteiger partial charge is 0.366 e. The number of aliphatic imine (C=N–C) groups is 1. The van der Waals surface area contributed by atoms with Crippen molar-refractivity contribution < 1.29 is 4.39 Å². The van der Waals surface area contributed by atoms with Crippen LogP contribution in [-0.4, -0.2) is 30.3 Å². The molecule has 0 spiro atoms. The second-order valence-corrected chi connectivity index (χ2v) is 7.93. The van der Waals surface area contributed by atoms with Crippen molar-refractivity contribution in [2.75, 3.05) is 22.9 Å². The molecule has 6 nitrogen and oxygen atoms in total. The number of pyridine rings is 1. The smallest absolute Gasteiger partial charge is 0.158 e. The minimum atomic E-state index is -0.377. The van der Waals surface area contributed by atoms with E-state index in [1.54, 1.807) is 6.07 Å². The molecule has 2 aromatic rings. The van der Waals surface area contributed by atoms with Gasteiger partial charge in [-0.05, 0) is 44.0 Å². The highest BCUT2D eigenvalue weighted by Gasteiger charge is 2.36. The van der Waals surface area contributed by atoms with Crippen molar-refractivity contribution in [1.29, 1.82) is 5.26 Å². The molecule has 0 saturated carbocycles. The van der Waals surface area contributed by atoms with Gasteiger partial charge in [-0.3, -0.25) is 4.99 Å². The lowest BCUT2D eigenvalue weighted by Gasteiger charge is -2.47. The van der Waals surface area contributed by atoms with Crippen LogP contribution < -0.4 is 15.1 Å². The van der Waals surface area contributed by atoms with E-state index in [-0.39, 0.29) is 11.9 Å². The molecule has 2 bridgehead atoms. The summed E-state index contributed by atoms with van der Waals surface area (Å²) in [5.74, 6) is 1.09. The van der Waals surface area contributed by atoms with E-state index in [2.05, 4.69) is 45.4 Å². The first-order chi connectivity index (χ1) is 15.5. The summed E-state index contributed by atoms with van der Waals surface area (Å²) in [5.41, 5.74) is 3.84. The predicted molar refractivity (Wildman–Crippen MR) is 127 cm³/mol. The summed E-state index contributed by atoms with van der Waals surface area (Å²) in [6.07, 6.45) is 4.71. The maximum absolute atomic E-state index is 12.9. The second kappa shape index (κ2) is 9.06. The number of nitrogens with one attached hydrogen (secondary N) is 1. The zero-order chi connectivity index (χ0) is 22.7. The van der Waals surface area contributed by atoms with Crippen LogP contribution in [0.1, 0.15) is 25.3 Å². The number of allylic oxidation sites excluding steroid dienone is 2. The van der Waals surface area contributed by atoms with Gasteiger partial charge in [0.05, 0.1) is 41.0 Å². The molecule has 2 aliphatic rings. The van der Waals surface area contributed by atoms with Crippen molar-refractivity contribution >= 4 is 17.7 Å². The van der Waals surface area contributed by atoms with Gasteiger partial charge in [0.1, 0.15) is 11.6 Å². The Labute approximate surface area is 187 Å². The Bertz CT molecular complexity index is 1160. The van der Waals surface area contributed by atoms with E-state index in [1.807, 2.05) is 24.3 Å². The second-order valence-electron chi connectivity index (χ2n) is 7.93. The van der Waals surface area contributed by atoms with Gasteiger partial charge in [0.25, 0.3) is 0 Å². The highest BCUT2D eigenvalue weighted by molar-refractivity contribution is 5.80. The topological polar surface area (TPSA) is 67.5 Å². The fourth-order valence-electron chi connectivity index (χ4n) is 4.19. The van der Waals surface area contributed by atoms with E-state index in [0.29, 0.717) is 17.1 Å². The zero-order valence-electron chi connectivity index (χ0n) is 18.1. The standard InChI is InChI=1S/C25H25FN6/c1-17(26)14-28-15-18(2)29-19(3)32-22-8-5-11-31(16-22)24-10-9-23(30-25(24)32)21-7-4-6-20(12-21)13-27/h4,6-7,9-10,12,14-15,22,29H,2-3,5,8,11,16H2,1H3/b17-14+,28-15-/t22-/m1/s1. The van der Waals surface area contributed by atoms with Gasteiger partial charge < -0.3 is 15.1 Å². The van der Waals surface area contributed by atoms with Crippen molar-refractivity contribution in [3.05, 3.63) is 78.7 Å². The van der Waals surface area contributed by atoms with Gasteiger partial charge in [-0.2, -0.15) is 5.26 Å². The molecule has 1 N–H and O–H groups in total. The number of hydrogen-bond donors (Lipinski definition) is 1. The number of hydrogen-bond acceptors (Lipinski definition) is 6. The molecule has 162 valence electrons. The van der Waals surface area contributed by atoms with Crippen LogP contribution in [0.2, 0.25) is 0 Å². The van der Waals surface area contributed by atoms with Gasteiger partial charge >= 0.3 is 0 Å². The van der Waals surface area contributed by atoms with Gasteiger partial charge in [0, 0.05) is 24.9 Å². The van der Waals surface area contributed by atoms with Gasteiger partial charge in [-0.25, -0.2) is 9.37 Å². The molecular weight excluding hydrogens is 403 g/mol. The summed E-state index contributed by atoms with van der Waals surface area (Å²) in [6, 6.07) is 13.9. The van der Waals surface area contributed by atoms with E-state index in [9.17, 15) is 9.65 Å². The van der Waals surface area contributed by atoms with Crippen molar-refractivity contribution in [1.82, 2.24) is 10.3 Å². The number of piperidine rings is 1. The fraction of sp³-hybridized carbons (Fsp3) is 0.240. The van der Waals surface area contributed by atoms with Crippen molar-refractivity contribution in [2.45, 2.75) is 25.8 Å². The molecule has 1 saturated heterocycles. The lowest BCUT2D eigenvalue weighted by molar-refractivity contribution is 0.466. The lowest BCUT2D eigenvalue weighted by Crippen LogP contribution is -2.54. The number of rotatable bonds is 6. The normalized spacial score (nSPS) is 17.7. The minimum Gasteiger partial charge on any atom is -0.366 e. The van der Waals surface area contributed by atoms with Gasteiger partial charge in [0.2, 0.25) is 0 Å². The quantitative estimate of drug-likeness (QED) is 0.664. The van der Waals surface area contributed by atoms with E-state index >= 15 is 0 Å². The van der Waals surface area contributed by atoms with Gasteiger partial charge in [-0.15, -0.1) is 0 Å². The highest BCUT2D eigenvalue weighted by Crippen LogP contribution is 2.40. The Kier molecular flexibility index (Phi) is 6.04. The van der Waals surface area contributed by atoms with Gasteiger partial charge in [-0.1, -0.05) is 25.3 Å². The maximum atomic E-state index is 12.9. The highest BCUT2D eigenvalue weighted by atomic mass is 19.1. The molecule has 32 heavy (non-hydrogen) atoms. The van der Waals surface area contributed by atoms with Crippen LogP contribution in [0.4, 0.5) is 15.9 Å². The first kappa shape index (κ1) is 21.3. The van der Waals surface area contributed by atoms with E-state index < -0.39 is 0 Å². The fourth-order valence-corrected chi connectivity index (χ4v) is 4.19. The first-order valence-corrected chi connectivity index (χ1v) is 10.5. The molecule has 2 aliphatic heterocycles. The van der Waals surface area contributed by atoms with E-state index in [1.165, 1.54) is 13.1 Å². The third kappa shape index (κ3) is 4.40. The van der Waals surface area contributed by atoms with Crippen LogP contribution >= 0.6 is 0 Å². The molecule has 1 aromatic heterocycles. The van der Waals surface area contributed by atoms with Crippen LogP contribution in [0.15, 0.2) is 78.1 Å². The molecule has 0 aliphatic carbocycles. The van der Waals surface area contributed by atoms with E-state index in [0.717, 1.165) is 54.9 Å². The third-order valence-electron chi connectivity index (χ3n) is 5.55. The van der Waals surface area contributed by atoms with Crippen molar-refractivity contribution in [3.63, 3.8) is 0 Å². The SMILES string of the molecule is C=C(/C=N\C=C(/C)F)NC(=C)N1c2nc(-c3cccc(C#N)c3)ccc2N2CCC[C@@H]1C2. The summed E-state index contributed by atoms with van der Waals surface area (Å²) in [6.45, 7) is 11.4. The number of aromatic nitrogens is 1. The Hall–Kier alpha value is -3.92. The maximum Gasteiger partial charge on any atom is 0.158 e. The molecular formula is C25H25FN6. The minimum absolute atomic E-state index is 0.224. The molecule has 1 fully saturated rings. The summed E-state index contributed by atoms with van der Waals surface area (Å²) in [7, 11) is 0. The summed E-state index contributed by atoms with van der Waals surface area (Å²) < 4.78 is 12.9. The van der Waals surface area contributed by atoms with Gasteiger partial charge in [0.15, 0.2) is 5.82 Å². The monoisotopic (exact) mass is 428 g/mol. The molecule has 1 aromatic carbocycles. The Morgan fingerprint density at radius 1 is 1.34 bits per heavy atom. The lowest BCUT2D eigenvalue weighted by atomic mass is 9.99. The first-order valence-electron chi connectivity index (χ1n) is 10.5. The van der Waals surface area contributed by atoms with Crippen LogP contribution in [0, 0.1) is 11.3 Å². The van der Waals surface area contributed by atoms with Crippen molar-refractivity contribution in [3.8, 4) is 17.3 Å². The van der Waals surface area contributed by atoms with Crippen molar-refractivity contribution in [2.24, 2.45) is 4.99 Å². The number of benzene rings is 1. The van der Waals surface area contributed by atoms with Crippen LogP contribution in [-0.2, 0) is 0 Å². The molecule has 1 atom stereocenters. The molecule has 0 unspecified atom stereocenters. The predicted octanol–water partition coefficient (Wildman–Crippen LogP) is 4.89. The Morgan fingerprint density at radius 3 is 2.97 bits per heavy atom. The van der Waals surface area contributed by atoms with Crippen LogP contribution in [0.3, 0.4) is 0 Å². The molecule has 0 amide bonds. The number of anilines is 2. The number of nitriles is 1. The molecule has 7 heteroatoms.